The minimum Gasteiger partial charge on any atom is -0.338 e. The van der Waals surface area contributed by atoms with Crippen molar-refractivity contribution < 1.29 is 27.2 Å². The van der Waals surface area contributed by atoms with Gasteiger partial charge in [0.2, 0.25) is 5.91 Å². The van der Waals surface area contributed by atoms with Crippen LogP contribution in [0, 0.1) is 11.7 Å². The highest BCUT2D eigenvalue weighted by Crippen LogP contribution is 2.37. The maximum atomic E-state index is 13.5. The Morgan fingerprint density at radius 2 is 1.80 bits per heavy atom. The van der Waals surface area contributed by atoms with Crippen LogP contribution in [0.25, 0.3) is 0 Å². The fraction of sp³-hybridized carbons (Fsp3) is 0.462. The average molecular weight is 492 g/mol. The van der Waals surface area contributed by atoms with E-state index in [9.17, 15) is 27.2 Å². The van der Waals surface area contributed by atoms with Gasteiger partial charge in [0, 0.05) is 38.0 Å². The number of nitrogens with one attached hydrogen (secondary N) is 1. The molecule has 0 aliphatic carbocycles. The van der Waals surface area contributed by atoms with Gasteiger partial charge in [0.25, 0.3) is 5.91 Å². The van der Waals surface area contributed by atoms with Gasteiger partial charge in [-0.2, -0.15) is 13.2 Å². The van der Waals surface area contributed by atoms with Gasteiger partial charge in [-0.1, -0.05) is 32.4 Å². The van der Waals surface area contributed by atoms with E-state index in [1.807, 2.05) is 13.8 Å². The molecule has 2 amide bonds. The predicted molar refractivity (Wildman–Crippen MR) is 123 cm³/mol. The quantitative estimate of drug-likeness (QED) is 0.610. The first-order valence-electron chi connectivity index (χ1n) is 11.8. The number of halogens is 4. The number of nitrogens with zero attached hydrogens (tertiary/aromatic N) is 2. The third-order valence-electron chi connectivity index (χ3n) is 7.25. The molecule has 0 radical (unpaired) electrons. The molecule has 0 saturated carbocycles. The number of benzene rings is 2. The Hall–Kier alpha value is -2.94. The Labute approximate surface area is 202 Å². The van der Waals surface area contributed by atoms with E-state index in [2.05, 4.69) is 5.32 Å². The molecule has 188 valence electrons. The van der Waals surface area contributed by atoms with E-state index in [0.717, 1.165) is 18.6 Å². The van der Waals surface area contributed by atoms with Crippen LogP contribution in [-0.2, 0) is 17.5 Å². The fourth-order valence-corrected chi connectivity index (χ4v) is 4.96. The zero-order chi connectivity index (χ0) is 25.4. The van der Waals surface area contributed by atoms with E-state index in [4.69, 9.17) is 0 Å². The van der Waals surface area contributed by atoms with Gasteiger partial charge in [0.05, 0.1) is 17.3 Å². The Morgan fingerprint density at radius 3 is 2.40 bits per heavy atom. The molecule has 2 heterocycles. The molecule has 0 unspecified atom stereocenters. The number of alkyl halides is 3. The number of piperidine rings is 1. The van der Waals surface area contributed by atoms with Crippen molar-refractivity contribution in [2.45, 2.75) is 57.5 Å². The summed E-state index contributed by atoms with van der Waals surface area (Å²) in [6.07, 6.45) is -2.81. The molecule has 2 atom stereocenters. The van der Waals surface area contributed by atoms with Crippen LogP contribution >= 0.6 is 0 Å². The van der Waals surface area contributed by atoms with Crippen molar-refractivity contribution in [2.24, 2.45) is 5.92 Å². The molecule has 2 aromatic carbocycles. The summed E-state index contributed by atoms with van der Waals surface area (Å²) >= 11 is 0. The highest BCUT2D eigenvalue weighted by atomic mass is 19.4. The molecule has 2 fully saturated rings. The van der Waals surface area contributed by atoms with Gasteiger partial charge in [-0.05, 0) is 47.9 Å². The van der Waals surface area contributed by atoms with Crippen molar-refractivity contribution in [3.8, 4) is 0 Å². The Balaban J connectivity index is 1.56. The Morgan fingerprint density at radius 1 is 1.14 bits per heavy atom. The van der Waals surface area contributed by atoms with E-state index in [1.54, 1.807) is 15.9 Å². The number of carbonyl (C=O) groups excluding carboxylic acids is 2. The lowest BCUT2D eigenvalue weighted by atomic mass is 9.94. The maximum Gasteiger partial charge on any atom is 0.416 e. The van der Waals surface area contributed by atoms with Crippen molar-refractivity contribution >= 4 is 11.8 Å². The molecule has 2 saturated heterocycles. The minimum atomic E-state index is -4.47. The van der Waals surface area contributed by atoms with Crippen LogP contribution < -0.4 is 5.32 Å². The number of rotatable bonds is 5. The van der Waals surface area contributed by atoms with E-state index in [0.29, 0.717) is 37.1 Å². The largest absolute Gasteiger partial charge is 0.416 e. The molecule has 4 rings (SSSR count). The highest BCUT2D eigenvalue weighted by Gasteiger charge is 2.52. The summed E-state index contributed by atoms with van der Waals surface area (Å²) in [6.45, 7) is 4.75. The second-order valence-electron chi connectivity index (χ2n) is 9.46. The maximum absolute atomic E-state index is 13.5. The van der Waals surface area contributed by atoms with Crippen LogP contribution in [0.2, 0.25) is 0 Å². The van der Waals surface area contributed by atoms with Crippen molar-refractivity contribution in [1.82, 2.24) is 15.1 Å². The van der Waals surface area contributed by atoms with E-state index >= 15 is 0 Å². The minimum absolute atomic E-state index is 0.0461. The predicted octanol–water partition coefficient (Wildman–Crippen LogP) is 4.82. The van der Waals surface area contributed by atoms with Crippen molar-refractivity contribution in [3.63, 3.8) is 0 Å². The van der Waals surface area contributed by atoms with Gasteiger partial charge in [0.15, 0.2) is 0 Å². The van der Waals surface area contributed by atoms with Gasteiger partial charge >= 0.3 is 6.18 Å². The smallest absolute Gasteiger partial charge is 0.338 e. The molecule has 35 heavy (non-hydrogen) atoms. The summed E-state index contributed by atoms with van der Waals surface area (Å²) in [4.78, 5) is 29.7. The van der Waals surface area contributed by atoms with Crippen molar-refractivity contribution in [1.29, 1.82) is 0 Å². The first kappa shape index (κ1) is 25.2. The molecular weight excluding hydrogens is 462 g/mol. The molecule has 0 bridgehead atoms. The standard InChI is InChI=1S/C26H29F4N3O2/c1-3-17(2)22-24(35)33(16-18-5-4-6-20(15-18)26(28,29)30)25(31-22)11-13-32(14-12-25)23(34)19-7-9-21(27)10-8-19/h4-10,15,17,22,31H,3,11-14,16H2,1-2H3/t17-,22-/m0/s1. The molecular formula is C26H29F4N3O2. The van der Waals surface area contributed by atoms with Gasteiger partial charge < -0.3 is 9.80 Å². The monoisotopic (exact) mass is 491 g/mol. The zero-order valence-electron chi connectivity index (χ0n) is 19.7. The van der Waals surface area contributed by atoms with Crippen LogP contribution in [0.4, 0.5) is 17.6 Å². The van der Waals surface area contributed by atoms with Gasteiger partial charge in [-0.15, -0.1) is 0 Å². The second kappa shape index (κ2) is 9.60. The Bertz CT molecular complexity index is 1080. The first-order valence-corrected chi connectivity index (χ1v) is 11.8. The molecule has 9 heteroatoms. The summed E-state index contributed by atoms with van der Waals surface area (Å²) in [6, 6.07) is 9.98. The number of carbonyl (C=O) groups is 2. The number of amides is 2. The van der Waals surface area contributed by atoms with Crippen LogP contribution in [0.5, 0.6) is 0 Å². The highest BCUT2D eigenvalue weighted by molar-refractivity contribution is 5.94. The third-order valence-corrected chi connectivity index (χ3v) is 7.25. The van der Waals surface area contributed by atoms with Crippen LogP contribution in [0.15, 0.2) is 48.5 Å². The van der Waals surface area contributed by atoms with Crippen molar-refractivity contribution in [2.75, 3.05) is 13.1 Å². The molecule has 0 aromatic heterocycles. The number of likely N-dealkylation sites (tertiary alicyclic amines) is 1. The molecule has 2 aliphatic heterocycles. The first-order chi connectivity index (χ1) is 16.5. The number of hydrogen-bond acceptors (Lipinski definition) is 3. The lowest BCUT2D eigenvalue weighted by molar-refractivity contribution is -0.137. The third kappa shape index (κ3) is 5.05. The summed E-state index contributed by atoms with van der Waals surface area (Å²) in [7, 11) is 0. The van der Waals surface area contributed by atoms with E-state index in [-0.39, 0.29) is 24.3 Å². The van der Waals surface area contributed by atoms with E-state index < -0.39 is 29.3 Å². The van der Waals surface area contributed by atoms with Crippen molar-refractivity contribution in [3.05, 3.63) is 71.0 Å². The lowest BCUT2D eigenvalue weighted by Crippen LogP contribution is -2.59. The van der Waals surface area contributed by atoms with Gasteiger partial charge in [-0.25, -0.2) is 4.39 Å². The molecule has 5 nitrogen and oxygen atoms in total. The lowest BCUT2D eigenvalue weighted by Gasteiger charge is -2.45. The molecule has 2 aliphatic rings. The van der Waals surface area contributed by atoms with Gasteiger partial charge in [-0.3, -0.25) is 14.9 Å². The summed E-state index contributed by atoms with van der Waals surface area (Å²) in [5, 5.41) is 3.50. The van der Waals surface area contributed by atoms with Crippen LogP contribution in [0.3, 0.4) is 0 Å². The SMILES string of the molecule is CC[C@H](C)[C@@H]1NC2(CCN(C(=O)c3ccc(F)cc3)CC2)N(Cc2cccc(C(F)(F)F)c2)C1=O. The normalized spacial score (nSPS) is 21.0. The summed E-state index contributed by atoms with van der Waals surface area (Å²) in [5.74, 6) is -0.721. The Kier molecular flexibility index (Phi) is 6.90. The topological polar surface area (TPSA) is 52.7 Å². The average Bonchev–Trinajstić information content (AvgIpc) is 3.10. The van der Waals surface area contributed by atoms with Crippen LogP contribution in [0.1, 0.15) is 54.6 Å². The number of hydrogen-bond donors (Lipinski definition) is 1. The van der Waals surface area contributed by atoms with E-state index in [1.165, 1.54) is 30.3 Å². The fourth-order valence-electron chi connectivity index (χ4n) is 4.96. The second-order valence-corrected chi connectivity index (χ2v) is 9.46. The van der Waals surface area contributed by atoms with Gasteiger partial charge in [0.1, 0.15) is 5.82 Å². The van der Waals surface area contributed by atoms with Crippen LogP contribution in [-0.4, -0.2) is 46.4 Å². The summed E-state index contributed by atoms with van der Waals surface area (Å²) in [5.41, 5.74) is -0.708. The molecule has 2 aromatic rings. The summed E-state index contributed by atoms with van der Waals surface area (Å²) < 4.78 is 53.0. The molecule has 1 spiro atoms. The zero-order valence-corrected chi connectivity index (χ0v) is 19.7. The molecule has 1 N–H and O–H groups in total.